The molecule has 0 bridgehead atoms. The van der Waals surface area contributed by atoms with Gasteiger partial charge in [0, 0.05) is 18.1 Å². The average molecular weight is 292 g/mol. The number of sulfonamides is 1. The van der Waals surface area contributed by atoms with Gasteiger partial charge in [-0.05, 0) is 18.2 Å². The number of halogens is 1. The van der Waals surface area contributed by atoms with Crippen molar-refractivity contribution < 1.29 is 18.3 Å². The van der Waals surface area contributed by atoms with Crippen molar-refractivity contribution in [2.45, 2.75) is 11.0 Å². The Bertz CT molecular complexity index is 520. The SMILES string of the molecule is O=S(=O)(c1cccc(Cl)c1)N1CCOC(CO)C1. The molecule has 0 radical (unpaired) electrons. The second kappa shape index (κ2) is 5.54. The lowest BCUT2D eigenvalue weighted by Crippen LogP contribution is -2.46. The van der Waals surface area contributed by atoms with Gasteiger partial charge in [0.25, 0.3) is 0 Å². The van der Waals surface area contributed by atoms with Crippen molar-refractivity contribution in [1.82, 2.24) is 4.31 Å². The molecule has 1 aromatic rings. The van der Waals surface area contributed by atoms with E-state index < -0.39 is 16.1 Å². The lowest BCUT2D eigenvalue weighted by atomic mass is 10.3. The van der Waals surface area contributed by atoms with Gasteiger partial charge in [-0.1, -0.05) is 17.7 Å². The van der Waals surface area contributed by atoms with Crippen molar-refractivity contribution >= 4 is 21.6 Å². The van der Waals surface area contributed by atoms with Gasteiger partial charge in [-0.2, -0.15) is 4.31 Å². The third-order valence-corrected chi connectivity index (χ3v) is 4.84. The quantitative estimate of drug-likeness (QED) is 0.891. The molecule has 0 saturated carbocycles. The summed E-state index contributed by atoms with van der Waals surface area (Å²) < 4.78 is 31.2. The highest BCUT2D eigenvalue weighted by atomic mass is 35.5. The molecule has 0 spiro atoms. The molecule has 1 N–H and O–H groups in total. The Morgan fingerprint density at radius 2 is 2.28 bits per heavy atom. The van der Waals surface area contributed by atoms with Crippen LogP contribution in [0.15, 0.2) is 29.2 Å². The summed E-state index contributed by atoms with van der Waals surface area (Å²) in [4.78, 5) is 0.161. The van der Waals surface area contributed by atoms with E-state index in [9.17, 15) is 8.42 Å². The third-order valence-electron chi connectivity index (χ3n) is 2.74. The molecule has 1 atom stereocenters. The van der Waals surface area contributed by atoms with Gasteiger partial charge >= 0.3 is 0 Å². The number of rotatable bonds is 3. The molecule has 1 unspecified atom stereocenters. The topological polar surface area (TPSA) is 66.8 Å². The average Bonchev–Trinajstić information content (AvgIpc) is 2.39. The van der Waals surface area contributed by atoms with E-state index in [0.717, 1.165) is 0 Å². The summed E-state index contributed by atoms with van der Waals surface area (Å²) in [6, 6.07) is 6.14. The van der Waals surface area contributed by atoms with E-state index in [-0.39, 0.29) is 31.2 Å². The zero-order chi connectivity index (χ0) is 13.2. The number of morpholine rings is 1. The summed E-state index contributed by atoms with van der Waals surface area (Å²) in [6.07, 6.45) is -0.465. The second-order valence-electron chi connectivity index (χ2n) is 4.00. The molecule has 1 aliphatic heterocycles. The van der Waals surface area contributed by atoms with Crippen LogP contribution in [-0.4, -0.2) is 50.2 Å². The predicted molar refractivity (Wildman–Crippen MR) is 67.0 cm³/mol. The Hall–Kier alpha value is -0.660. The van der Waals surface area contributed by atoms with Crippen LogP contribution in [0.4, 0.5) is 0 Å². The number of aliphatic hydroxyl groups is 1. The van der Waals surface area contributed by atoms with E-state index in [2.05, 4.69) is 0 Å². The van der Waals surface area contributed by atoms with E-state index in [1.54, 1.807) is 12.1 Å². The predicted octanol–water partition coefficient (Wildman–Crippen LogP) is 0.722. The molecular weight excluding hydrogens is 278 g/mol. The highest BCUT2D eigenvalue weighted by Crippen LogP contribution is 2.21. The number of hydrogen-bond acceptors (Lipinski definition) is 4. The van der Waals surface area contributed by atoms with Crippen LogP contribution in [-0.2, 0) is 14.8 Å². The fourth-order valence-corrected chi connectivity index (χ4v) is 3.55. The second-order valence-corrected chi connectivity index (χ2v) is 6.37. The lowest BCUT2D eigenvalue weighted by Gasteiger charge is -2.31. The summed E-state index contributed by atoms with van der Waals surface area (Å²) in [6.45, 7) is 0.531. The van der Waals surface area contributed by atoms with Gasteiger partial charge in [0.2, 0.25) is 10.0 Å². The fraction of sp³-hybridized carbons (Fsp3) is 0.455. The summed E-state index contributed by atoms with van der Waals surface area (Å²) >= 11 is 5.80. The molecule has 1 heterocycles. The van der Waals surface area contributed by atoms with Crippen molar-refractivity contribution in [2.24, 2.45) is 0 Å². The van der Waals surface area contributed by atoms with E-state index in [1.807, 2.05) is 0 Å². The first-order valence-corrected chi connectivity index (χ1v) is 7.34. The maximum atomic E-state index is 12.3. The van der Waals surface area contributed by atoms with E-state index in [4.69, 9.17) is 21.4 Å². The molecule has 1 saturated heterocycles. The summed E-state index contributed by atoms with van der Waals surface area (Å²) in [5.41, 5.74) is 0. The van der Waals surface area contributed by atoms with Gasteiger partial charge in [-0.15, -0.1) is 0 Å². The molecule has 0 aliphatic carbocycles. The monoisotopic (exact) mass is 291 g/mol. The van der Waals surface area contributed by atoms with Gasteiger partial charge in [0.05, 0.1) is 24.2 Å². The molecule has 100 valence electrons. The van der Waals surface area contributed by atoms with E-state index in [0.29, 0.717) is 5.02 Å². The summed E-state index contributed by atoms with van der Waals surface area (Å²) in [7, 11) is -3.57. The van der Waals surface area contributed by atoms with Crippen molar-refractivity contribution in [3.05, 3.63) is 29.3 Å². The van der Waals surface area contributed by atoms with Crippen LogP contribution in [0.25, 0.3) is 0 Å². The Morgan fingerprint density at radius 1 is 1.50 bits per heavy atom. The Labute approximate surface area is 111 Å². The number of hydrogen-bond donors (Lipinski definition) is 1. The van der Waals surface area contributed by atoms with Crippen LogP contribution < -0.4 is 0 Å². The van der Waals surface area contributed by atoms with Crippen molar-refractivity contribution in [3.63, 3.8) is 0 Å². The first kappa shape index (κ1) is 13.8. The minimum atomic E-state index is -3.57. The maximum Gasteiger partial charge on any atom is 0.243 e. The van der Waals surface area contributed by atoms with Crippen LogP contribution in [0.5, 0.6) is 0 Å². The highest BCUT2D eigenvalue weighted by molar-refractivity contribution is 7.89. The molecule has 1 aromatic carbocycles. The minimum absolute atomic E-state index is 0.158. The fourth-order valence-electron chi connectivity index (χ4n) is 1.80. The van der Waals surface area contributed by atoms with Crippen LogP contribution in [0.3, 0.4) is 0 Å². The third kappa shape index (κ3) is 2.84. The van der Waals surface area contributed by atoms with Crippen LogP contribution >= 0.6 is 11.6 Å². The zero-order valence-corrected chi connectivity index (χ0v) is 11.2. The molecule has 1 fully saturated rings. The van der Waals surface area contributed by atoms with Gasteiger partial charge in [0.15, 0.2) is 0 Å². The minimum Gasteiger partial charge on any atom is -0.394 e. The van der Waals surface area contributed by atoms with Crippen molar-refractivity contribution in [1.29, 1.82) is 0 Å². The number of aliphatic hydroxyl groups excluding tert-OH is 1. The lowest BCUT2D eigenvalue weighted by molar-refractivity contribution is -0.0304. The summed E-state index contributed by atoms with van der Waals surface area (Å²) in [5.74, 6) is 0. The molecule has 5 nitrogen and oxygen atoms in total. The Balaban J connectivity index is 2.25. The molecule has 1 aliphatic rings. The molecule has 7 heteroatoms. The van der Waals surface area contributed by atoms with E-state index in [1.165, 1.54) is 16.4 Å². The Kier molecular flexibility index (Phi) is 4.24. The molecule has 0 amide bonds. The smallest absolute Gasteiger partial charge is 0.243 e. The molecular formula is C11H14ClNO4S. The van der Waals surface area contributed by atoms with Gasteiger partial charge in [-0.25, -0.2) is 8.42 Å². The maximum absolute atomic E-state index is 12.3. The largest absolute Gasteiger partial charge is 0.394 e. The molecule has 18 heavy (non-hydrogen) atoms. The van der Waals surface area contributed by atoms with Crippen molar-refractivity contribution in [2.75, 3.05) is 26.3 Å². The van der Waals surface area contributed by atoms with Crippen molar-refractivity contribution in [3.8, 4) is 0 Å². The van der Waals surface area contributed by atoms with Crippen LogP contribution in [0.2, 0.25) is 5.02 Å². The molecule has 0 aromatic heterocycles. The van der Waals surface area contributed by atoms with Gasteiger partial charge in [0.1, 0.15) is 0 Å². The van der Waals surface area contributed by atoms with E-state index >= 15 is 0 Å². The number of benzene rings is 1. The van der Waals surface area contributed by atoms with Crippen LogP contribution in [0, 0.1) is 0 Å². The zero-order valence-electron chi connectivity index (χ0n) is 9.62. The number of nitrogens with zero attached hydrogens (tertiary/aromatic N) is 1. The first-order valence-electron chi connectivity index (χ1n) is 5.52. The first-order chi connectivity index (χ1) is 8.54. The highest BCUT2D eigenvalue weighted by Gasteiger charge is 2.30. The molecule has 2 rings (SSSR count). The standard InChI is InChI=1S/C11H14ClNO4S/c12-9-2-1-3-11(6-9)18(15,16)13-4-5-17-10(7-13)8-14/h1-3,6,10,14H,4-5,7-8H2. The Morgan fingerprint density at radius 3 is 2.94 bits per heavy atom. The van der Waals surface area contributed by atoms with Gasteiger partial charge in [-0.3, -0.25) is 0 Å². The summed E-state index contributed by atoms with van der Waals surface area (Å²) in [5, 5.41) is 9.40. The normalized spacial score (nSPS) is 22.0. The van der Waals surface area contributed by atoms with Gasteiger partial charge < -0.3 is 9.84 Å². The number of ether oxygens (including phenoxy) is 1. The van der Waals surface area contributed by atoms with Crippen LogP contribution in [0.1, 0.15) is 0 Å².